The van der Waals surface area contributed by atoms with Crippen LogP contribution in [0, 0.1) is 0 Å². The summed E-state index contributed by atoms with van der Waals surface area (Å²) >= 11 is 0. The molecular weight excluding hydrogens is 190 g/mol. The van der Waals surface area contributed by atoms with Crippen LogP contribution in [0.4, 0.5) is 0 Å². The third-order valence-electron chi connectivity index (χ3n) is 3.25. The number of hydrogen-bond acceptors (Lipinski definition) is 2. The topological polar surface area (TPSA) is 29.5 Å². The van der Waals surface area contributed by atoms with Gasteiger partial charge in [-0.3, -0.25) is 4.79 Å². The fraction of sp³-hybridized carbons (Fsp3) is 0.417. The van der Waals surface area contributed by atoms with E-state index in [2.05, 4.69) is 6.92 Å². The Labute approximate surface area is 88.6 Å². The van der Waals surface area contributed by atoms with Crippen LogP contribution in [-0.4, -0.2) is 17.0 Å². The predicted molar refractivity (Wildman–Crippen MR) is 55.4 cm³/mol. The van der Waals surface area contributed by atoms with Crippen molar-refractivity contribution in [3.05, 3.63) is 29.8 Å². The Kier molecular flexibility index (Phi) is 1.75. The van der Waals surface area contributed by atoms with E-state index in [1.807, 2.05) is 29.2 Å². The number of carbonyl (C=O) groups is 1. The van der Waals surface area contributed by atoms with Crippen molar-refractivity contribution in [1.29, 1.82) is 0 Å². The minimum atomic E-state index is -0.0394. The predicted octanol–water partition coefficient (Wildman–Crippen LogP) is 2.09. The second-order valence-corrected chi connectivity index (χ2v) is 4.13. The van der Waals surface area contributed by atoms with Crippen molar-refractivity contribution in [2.75, 3.05) is 0 Å². The summed E-state index contributed by atoms with van der Waals surface area (Å²) in [6.07, 6.45) is 1.39. The first-order valence-corrected chi connectivity index (χ1v) is 5.34. The van der Waals surface area contributed by atoms with E-state index in [0.717, 1.165) is 17.7 Å². The zero-order valence-corrected chi connectivity index (χ0v) is 8.64. The van der Waals surface area contributed by atoms with Crippen LogP contribution in [-0.2, 0) is 4.79 Å². The second-order valence-electron chi connectivity index (χ2n) is 4.13. The summed E-state index contributed by atoms with van der Waals surface area (Å²) in [6, 6.07) is 8.11. The summed E-state index contributed by atoms with van der Waals surface area (Å²) in [6.45, 7) is 2.07. The van der Waals surface area contributed by atoms with E-state index in [-0.39, 0.29) is 18.2 Å². The van der Waals surface area contributed by atoms with Crippen LogP contribution >= 0.6 is 0 Å². The average Bonchev–Trinajstić information content (AvgIpc) is 2.61. The van der Waals surface area contributed by atoms with Gasteiger partial charge in [-0.15, -0.1) is 0 Å². The molecule has 1 aromatic carbocycles. The fourth-order valence-electron chi connectivity index (χ4n) is 2.49. The molecule has 0 spiro atoms. The fourth-order valence-corrected chi connectivity index (χ4v) is 2.49. The summed E-state index contributed by atoms with van der Waals surface area (Å²) < 4.78 is 5.80. The number of rotatable bonds is 0. The van der Waals surface area contributed by atoms with E-state index < -0.39 is 0 Å². The first-order chi connectivity index (χ1) is 7.27. The molecule has 0 aromatic heterocycles. The van der Waals surface area contributed by atoms with Gasteiger partial charge in [-0.2, -0.15) is 0 Å². The second kappa shape index (κ2) is 2.99. The zero-order chi connectivity index (χ0) is 10.4. The molecule has 3 heteroatoms. The Balaban J connectivity index is 2.07. The summed E-state index contributed by atoms with van der Waals surface area (Å²) in [5.74, 6) is 1.14. The van der Waals surface area contributed by atoms with Crippen molar-refractivity contribution in [2.24, 2.45) is 0 Å². The van der Waals surface area contributed by atoms with Gasteiger partial charge in [0.25, 0.3) is 0 Å². The van der Waals surface area contributed by atoms with Gasteiger partial charge in [-0.05, 0) is 13.0 Å². The molecule has 1 fully saturated rings. The van der Waals surface area contributed by atoms with Crippen LogP contribution in [0.2, 0.25) is 0 Å². The lowest BCUT2D eigenvalue weighted by Gasteiger charge is -2.37. The van der Waals surface area contributed by atoms with Crippen molar-refractivity contribution in [2.45, 2.75) is 32.0 Å². The van der Waals surface area contributed by atoms with Crippen LogP contribution in [0.3, 0.4) is 0 Å². The number of carbonyl (C=O) groups excluding carboxylic acids is 1. The van der Waals surface area contributed by atoms with Gasteiger partial charge in [0.1, 0.15) is 5.75 Å². The van der Waals surface area contributed by atoms with Crippen molar-refractivity contribution in [1.82, 2.24) is 4.90 Å². The van der Waals surface area contributed by atoms with Gasteiger partial charge in [-0.25, -0.2) is 0 Å². The first kappa shape index (κ1) is 8.77. The van der Waals surface area contributed by atoms with E-state index >= 15 is 0 Å². The molecule has 2 aliphatic rings. The van der Waals surface area contributed by atoms with E-state index in [4.69, 9.17) is 4.74 Å². The molecule has 2 atom stereocenters. The van der Waals surface area contributed by atoms with Crippen molar-refractivity contribution in [3.63, 3.8) is 0 Å². The molecule has 15 heavy (non-hydrogen) atoms. The van der Waals surface area contributed by atoms with Crippen LogP contribution in [0.5, 0.6) is 5.75 Å². The number of fused-ring (bicyclic) bond motifs is 2. The van der Waals surface area contributed by atoms with Crippen molar-refractivity contribution in [3.8, 4) is 5.75 Å². The number of para-hydroxylation sites is 1. The van der Waals surface area contributed by atoms with E-state index in [1.165, 1.54) is 0 Å². The zero-order valence-electron chi connectivity index (χ0n) is 8.64. The van der Waals surface area contributed by atoms with Crippen LogP contribution in [0.25, 0.3) is 0 Å². The van der Waals surface area contributed by atoms with Gasteiger partial charge < -0.3 is 9.64 Å². The Morgan fingerprint density at radius 3 is 3.07 bits per heavy atom. The number of ether oxygens (including phenoxy) is 1. The molecule has 0 aliphatic carbocycles. The van der Waals surface area contributed by atoms with Gasteiger partial charge in [0.05, 0.1) is 6.04 Å². The third kappa shape index (κ3) is 1.16. The highest BCUT2D eigenvalue weighted by molar-refractivity contribution is 5.79. The Morgan fingerprint density at radius 1 is 1.40 bits per heavy atom. The molecular formula is C12H13NO2. The highest BCUT2D eigenvalue weighted by Gasteiger charge is 2.40. The Hall–Kier alpha value is -1.51. The third-order valence-corrected chi connectivity index (χ3v) is 3.25. The van der Waals surface area contributed by atoms with Gasteiger partial charge in [0.2, 0.25) is 5.91 Å². The maximum atomic E-state index is 11.7. The molecule has 0 N–H and O–H groups in total. The van der Waals surface area contributed by atoms with Crippen molar-refractivity contribution < 1.29 is 9.53 Å². The van der Waals surface area contributed by atoms with Crippen LogP contribution in [0.1, 0.15) is 31.4 Å². The first-order valence-electron chi connectivity index (χ1n) is 5.34. The summed E-state index contributed by atoms with van der Waals surface area (Å²) in [7, 11) is 0. The van der Waals surface area contributed by atoms with Gasteiger partial charge in [0, 0.05) is 18.4 Å². The van der Waals surface area contributed by atoms with E-state index in [1.54, 1.807) is 0 Å². The number of amides is 1. The lowest BCUT2D eigenvalue weighted by molar-refractivity contribution is -0.136. The highest BCUT2D eigenvalue weighted by Crippen LogP contribution is 2.40. The highest BCUT2D eigenvalue weighted by atomic mass is 16.5. The average molecular weight is 203 g/mol. The van der Waals surface area contributed by atoms with Gasteiger partial charge in [-0.1, -0.05) is 18.2 Å². The molecule has 78 valence electrons. The van der Waals surface area contributed by atoms with Crippen LogP contribution in [0.15, 0.2) is 24.3 Å². The smallest absolute Gasteiger partial charge is 0.226 e. The molecule has 1 saturated heterocycles. The SMILES string of the molecule is C[C@H]1c2ccccc2O[C@@H]2CCC(=O)N21. The molecule has 3 rings (SSSR count). The van der Waals surface area contributed by atoms with E-state index in [9.17, 15) is 4.79 Å². The monoisotopic (exact) mass is 203 g/mol. The van der Waals surface area contributed by atoms with Gasteiger partial charge >= 0.3 is 0 Å². The molecule has 0 radical (unpaired) electrons. The molecule has 2 heterocycles. The maximum absolute atomic E-state index is 11.7. The normalized spacial score (nSPS) is 28.3. The number of benzene rings is 1. The number of hydrogen-bond donors (Lipinski definition) is 0. The minimum absolute atomic E-state index is 0.0394. The summed E-state index contributed by atoms with van der Waals surface area (Å²) in [5.41, 5.74) is 1.11. The van der Waals surface area contributed by atoms with Crippen LogP contribution < -0.4 is 4.74 Å². The van der Waals surface area contributed by atoms with Gasteiger partial charge in [0.15, 0.2) is 6.23 Å². The van der Waals surface area contributed by atoms with E-state index in [0.29, 0.717) is 6.42 Å². The lowest BCUT2D eigenvalue weighted by Crippen LogP contribution is -2.42. The molecule has 3 nitrogen and oxygen atoms in total. The lowest BCUT2D eigenvalue weighted by atomic mass is 10.0. The summed E-state index contributed by atoms with van der Waals surface area (Å²) in [5, 5.41) is 0. The molecule has 1 aromatic rings. The maximum Gasteiger partial charge on any atom is 0.226 e. The largest absolute Gasteiger partial charge is 0.470 e. The Morgan fingerprint density at radius 2 is 2.20 bits per heavy atom. The summed E-state index contributed by atoms with van der Waals surface area (Å²) in [4.78, 5) is 13.5. The minimum Gasteiger partial charge on any atom is -0.470 e. The molecule has 1 amide bonds. The number of nitrogens with zero attached hydrogens (tertiary/aromatic N) is 1. The van der Waals surface area contributed by atoms with Crippen molar-refractivity contribution >= 4 is 5.91 Å². The Bertz CT molecular complexity index is 416. The molecule has 0 bridgehead atoms. The molecule has 0 saturated carbocycles. The molecule has 0 unspecified atom stereocenters. The standard InChI is InChI=1S/C12H13NO2/c1-8-9-4-2-3-5-10(9)15-12-7-6-11(14)13(8)12/h2-5,8,12H,6-7H2,1H3/t8-,12+/m0/s1. The molecule has 2 aliphatic heterocycles. The quantitative estimate of drug-likeness (QED) is 0.646.